The first kappa shape index (κ1) is 17.2. The van der Waals surface area contributed by atoms with Crippen LogP contribution in [0.5, 0.6) is 0 Å². The maximum Gasteiger partial charge on any atom is 0.435 e. The minimum absolute atomic E-state index is 0.175. The Bertz CT molecular complexity index is 549. The Balaban J connectivity index is 2.82. The number of hydrogen-bond acceptors (Lipinski definition) is 5. The summed E-state index contributed by atoms with van der Waals surface area (Å²) in [6.45, 7) is 4.52. The van der Waals surface area contributed by atoms with Crippen molar-refractivity contribution in [2.75, 3.05) is 0 Å². The van der Waals surface area contributed by atoms with Crippen molar-refractivity contribution in [1.82, 2.24) is 10.3 Å². The summed E-state index contributed by atoms with van der Waals surface area (Å²) >= 11 is 0.354. The molecule has 2 N–H and O–H groups in total. The highest BCUT2D eigenvalue weighted by atomic mass is 32.1. The topological polar surface area (TPSA) is 88.5 Å². The number of halogens is 3. The third-order valence-corrected chi connectivity index (χ3v) is 2.96. The number of carbonyl (C=O) groups is 2. The predicted octanol–water partition coefficient (Wildman–Crippen LogP) is 2.88. The van der Waals surface area contributed by atoms with Gasteiger partial charge >= 0.3 is 18.2 Å². The van der Waals surface area contributed by atoms with Gasteiger partial charge in [0.15, 0.2) is 5.69 Å². The van der Waals surface area contributed by atoms with Crippen LogP contribution in [0.2, 0.25) is 0 Å². The summed E-state index contributed by atoms with van der Waals surface area (Å²) in [6.07, 6.45) is -5.70. The average Bonchev–Trinajstić information content (AvgIpc) is 2.67. The molecule has 1 aromatic rings. The first-order valence-corrected chi connectivity index (χ1v) is 6.49. The summed E-state index contributed by atoms with van der Waals surface area (Å²) in [5.41, 5.74) is -2.22. The first-order valence-electron chi connectivity index (χ1n) is 5.67. The number of alkyl halides is 3. The van der Waals surface area contributed by atoms with Gasteiger partial charge in [-0.3, -0.25) is 0 Å². The van der Waals surface area contributed by atoms with Crippen LogP contribution in [-0.4, -0.2) is 27.8 Å². The Hall–Kier alpha value is -1.84. The van der Waals surface area contributed by atoms with Gasteiger partial charge in [-0.1, -0.05) is 0 Å². The van der Waals surface area contributed by atoms with Gasteiger partial charge in [-0.25, -0.2) is 14.6 Å². The quantitative estimate of drug-likeness (QED) is 0.891. The predicted molar refractivity (Wildman–Crippen MR) is 67.1 cm³/mol. The van der Waals surface area contributed by atoms with E-state index in [9.17, 15) is 22.8 Å². The molecule has 118 valence electrons. The van der Waals surface area contributed by atoms with E-state index in [0.717, 1.165) is 0 Å². The number of nitrogens with one attached hydrogen (secondary N) is 1. The number of ether oxygens (including phenoxy) is 1. The summed E-state index contributed by atoms with van der Waals surface area (Å²) in [4.78, 5) is 24.4. The number of hydrogen-bond donors (Lipinski definition) is 2. The summed E-state index contributed by atoms with van der Waals surface area (Å²) in [6, 6.07) is 0. The number of carboxylic acid groups (broad SMARTS) is 1. The zero-order valence-electron chi connectivity index (χ0n) is 11.4. The van der Waals surface area contributed by atoms with Gasteiger partial charge in [-0.05, 0) is 20.8 Å². The molecule has 0 aliphatic heterocycles. The Morgan fingerprint density at radius 3 is 2.29 bits per heavy atom. The van der Waals surface area contributed by atoms with Gasteiger partial charge in [0.1, 0.15) is 15.5 Å². The van der Waals surface area contributed by atoms with Crippen molar-refractivity contribution >= 4 is 23.4 Å². The van der Waals surface area contributed by atoms with Crippen LogP contribution in [0.4, 0.5) is 18.0 Å². The Morgan fingerprint density at radius 1 is 1.33 bits per heavy atom. The third kappa shape index (κ3) is 5.21. The number of rotatable bonds is 3. The Kier molecular flexibility index (Phi) is 4.82. The van der Waals surface area contributed by atoms with Crippen LogP contribution < -0.4 is 5.32 Å². The molecule has 6 nitrogen and oxygen atoms in total. The first-order chi connectivity index (χ1) is 9.40. The summed E-state index contributed by atoms with van der Waals surface area (Å²) in [5.74, 6) is -1.72. The molecule has 10 heteroatoms. The second-order valence-corrected chi connectivity index (χ2v) is 6.03. The molecule has 0 unspecified atom stereocenters. The lowest BCUT2D eigenvalue weighted by atomic mass is 10.2. The molecule has 0 radical (unpaired) electrons. The van der Waals surface area contributed by atoms with E-state index in [2.05, 4.69) is 10.3 Å². The van der Waals surface area contributed by atoms with Crippen molar-refractivity contribution in [3.05, 3.63) is 15.6 Å². The summed E-state index contributed by atoms with van der Waals surface area (Å²) in [7, 11) is 0. The monoisotopic (exact) mass is 326 g/mol. The van der Waals surface area contributed by atoms with E-state index in [1.807, 2.05) is 0 Å². The van der Waals surface area contributed by atoms with Crippen molar-refractivity contribution in [2.45, 2.75) is 39.1 Å². The fraction of sp³-hybridized carbons (Fsp3) is 0.545. The standard InChI is InChI=1S/C11H13F3N2O4S/c1-10(2,3)20-9(19)15-4-5-16-7(11(12,13)14)6(21-5)8(17)18/h4H2,1-3H3,(H,15,19)(H,17,18). The second kappa shape index (κ2) is 5.88. The fourth-order valence-corrected chi connectivity index (χ4v) is 2.10. The van der Waals surface area contributed by atoms with Crippen LogP contribution in [0.1, 0.15) is 41.1 Å². The average molecular weight is 326 g/mol. The highest BCUT2D eigenvalue weighted by molar-refractivity contribution is 7.13. The molecule has 0 bridgehead atoms. The van der Waals surface area contributed by atoms with Crippen LogP contribution in [0, 0.1) is 0 Å². The normalized spacial score (nSPS) is 12.1. The molecule has 0 aromatic carbocycles. The summed E-state index contributed by atoms with van der Waals surface area (Å²) < 4.78 is 42.7. The van der Waals surface area contributed by atoms with Crippen molar-refractivity contribution in [2.24, 2.45) is 0 Å². The van der Waals surface area contributed by atoms with Gasteiger partial charge in [0.2, 0.25) is 0 Å². The number of alkyl carbamates (subject to hydrolysis) is 1. The van der Waals surface area contributed by atoms with E-state index in [-0.39, 0.29) is 11.6 Å². The third-order valence-electron chi connectivity index (χ3n) is 1.92. The Morgan fingerprint density at radius 2 is 1.90 bits per heavy atom. The fourth-order valence-electron chi connectivity index (χ4n) is 1.24. The molecule has 0 saturated carbocycles. The number of carboxylic acids is 1. The van der Waals surface area contributed by atoms with Crippen molar-refractivity contribution in [1.29, 1.82) is 0 Å². The maximum absolute atomic E-state index is 12.6. The molecule has 1 heterocycles. The van der Waals surface area contributed by atoms with E-state index < -0.39 is 34.4 Å². The van der Waals surface area contributed by atoms with E-state index >= 15 is 0 Å². The maximum atomic E-state index is 12.6. The van der Waals surface area contributed by atoms with Gasteiger partial charge in [0.05, 0.1) is 6.54 Å². The summed E-state index contributed by atoms with van der Waals surface area (Å²) in [5, 5.41) is 10.8. The van der Waals surface area contributed by atoms with Gasteiger partial charge in [-0.2, -0.15) is 13.2 Å². The van der Waals surface area contributed by atoms with Crippen molar-refractivity contribution < 1.29 is 32.6 Å². The van der Waals surface area contributed by atoms with Crippen molar-refractivity contribution in [3.8, 4) is 0 Å². The molecule has 1 amide bonds. The number of nitrogens with zero attached hydrogens (tertiary/aromatic N) is 1. The van der Waals surface area contributed by atoms with Crippen molar-refractivity contribution in [3.63, 3.8) is 0 Å². The lowest BCUT2D eigenvalue weighted by molar-refractivity contribution is -0.141. The molecule has 0 atom stereocenters. The SMILES string of the molecule is CC(C)(C)OC(=O)NCc1nc(C(F)(F)F)c(C(=O)O)s1. The highest BCUT2D eigenvalue weighted by Crippen LogP contribution is 2.34. The number of aromatic carboxylic acids is 1. The Labute approximate surface area is 121 Å². The molecule has 0 aliphatic rings. The van der Waals surface area contributed by atoms with Crippen LogP contribution in [0.25, 0.3) is 0 Å². The number of carbonyl (C=O) groups excluding carboxylic acids is 1. The van der Waals surface area contributed by atoms with E-state index in [4.69, 9.17) is 9.84 Å². The zero-order valence-corrected chi connectivity index (χ0v) is 12.2. The lowest BCUT2D eigenvalue weighted by Crippen LogP contribution is -2.32. The van der Waals surface area contributed by atoms with Gasteiger partial charge in [0.25, 0.3) is 0 Å². The molecule has 0 aliphatic carbocycles. The van der Waals surface area contributed by atoms with E-state index in [0.29, 0.717) is 11.3 Å². The number of aromatic nitrogens is 1. The number of thiazole rings is 1. The number of amides is 1. The molecule has 21 heavy (non-hydrogen) atoms. The highest BCUT2D eigenvalue weighted by Gasteiger charge is 2.39. The molecular weight excluding hydrogens is 313 g/mol. The largest absolute Gasteiger partial charge is 0.477 e. The lowest BCUT2D eigenvalue weighted by Gasteiger charge is -2.19. The van der Waals surface area contributed by atoms with Gasteiger partial charge in [0, 0.05) is 0 Å². The minimum atomic E-state index is -4.87. The molecule has 0 spiro atoms. The van der Waals surface area contributed by atoms with Crippen LogP contribution in [0.15, 0.2) is 0 Å². The molecule has 0 fully saturated rings. The zero-order chi connectivity index (χ0) is 16.4. The minimum Gasteiger partial charge on any atom is -0.477 e. The molecular formula is C11H13F3N2O4S. The molecule has 0 saturated heterocycles. The van der Waals surface area contributed by atoms with Gasteiger partial charge in [-0.15, -0.1) is 11.3 Å². The van der Waals surface area contributed by atoms with Gasteiger partial charge < -0.3 is 15.2 Å². The van der Waals surface area contributed by atoms with Crippen LogP contribution in [0.3, 0.4) is 0 Å². The molecule has 1 aromatic heterocycles. The van der Waals surface area contributed by atoms with Crippen LogP contribution >= 0.6 is 11.3 Å². The smallest absolute Gasteiger partial charge is 0.435 e. The van der Waals surface area contributed by atoms with E-state index in [1.54, 1.807) is 20.8 Å². The molecule has 1 rings (SSSR count). The van der Waals surface area contributed by atoms with E-state index in [1.165, 1.54) is 0 Å². The van der Waals surface area contributed by atoms with Crippen LogP contribution in [-0.2, 0) is 17.5 Å². The second-order valence-electron chi connectivity index (χ2n) is 4.94.